The van der Waals surface area contributed by atoms with Crippen LogP contribution < -0.4 is 5.48 Å². The standard InChI is InChI=1S/C24H22F3N3O3/c25-17-6-8-19-18(9-17)21-20(7-5-16(22(21)31)11-29-12-24(26,27)13-29)30(19)10-14-1-3-15(4-2-14)23(32)28-33/h1-4,6,8-9,16,33H,5,7,10-13H2,(H,28,32). The highest BCUT2D eigenvalue weighted by molar-refractivity contribution is 6.11. The van der Waals surface area contributed by atoms with Gasteiger partial charge in [0.25, 0.3) is 11.8 Å². The summed E-state index contributed by atoms with van der Waals surface area (Å²) >= 11 is 0. The highest BCUT2D eigenvalue weighted by Crippen LogP contribution is 2.37. The Morgan fingerprint density at radius 3 is 2.55 bits per heavy atom. The summed E-state index contributed by atoms with van der Waals surface area (Å²) in [5.41, 5.74) is 4.77. The fourth-order valence-corrected chi connectivity index (χ4v) is 4.97. The van der Waals surface area contributed by atoms with Crippen molar-refractivity contribution in [1.29, 1.82) is 0 Å². The third kappa shape index (κ3) is 3.91. The lowest BCUT2D eigenvalue weighted by molar-refractivity contribution is -0.133. The Balaban J connectivity index is 1.48. The third-order valence-electron chi connectivity index (χ3n) is 6.53. The lowest BCUT2D eigenvalue weighted by Gasteiger charge is -2.40. The number of rotatable bonds is 5. The van der Waals surface area contributed by atoms with Gasteiger partial charge in [-0.25, -0.2) is 18.7 Å². The Morgan fingerprint density at radius 2 is 1.88 bits per heavy atom. The minimum absolute atomic E-state index is 0.129. The summed E-state index contributed by atoms with van der Waals surface area (Å²) < 4.78 is 42.5. The van der Waals surface area contributed by atoms with Crippen molar-refractivity contribution in [3.05, 3.63) is 70.7 Å². The minimum atomic E-state index is -2.69. The summed E-state index contributed by atoms with van der Waals surface area (Å²) in [5, 5.41) is 9.31. The number of aromatic nitrogens is 1. The van der Waals surface area contributed by atoms with Crippen LogP contribution in [0.25, 0.3) is 10.9 Å². The number of amides is 1. The monoisotopic (exact) mass is 457 g/mol. The molecule has 6 nitrogen and oxygen atoms in total. The van der Waals surface area contributed by atoms with Gasteiger partial charge < -0.3 is 4.57 Å². The van der Waals surface area contributed by atoms with Crippen molar-refractivity contribution in [2.75, 3.05) is 19.6 Å². The molecule has 3 aromatic rings. The quantitative estimate of drug-likeness (QED) is 0.453. The largest absolute Gasteiger partial charge is 0.339 e. The van der Waals surface area contributed by atoms with Gasteiger partial charge in [-0.3, -0.25) is 19.7 Å². The zero-order valence-corrected chi connectivity index (χ0v) is 17.7. The van der Waals surface area contributed by atoms with E-state index in [0.29, 0.717) is 35.9 Å². The molecular formula is C24H22F3N3O3. The first kappa shape index (κ1) is 21.7. The van der Waals surface area contributed by atoms with E-state index in [4.69, 9.17) is 5.21 Å². The number of alkyl halides is 2. The number of halogens is 3. The van der Waals surface area contributed by atoms with Crippen LogP contribution in [-0.2, 0) is 13.0 Å². The lowest BCUT2D eigenvalue weighted by Crippen LogP contribution is -2.58. The number of fused-ring (bicyclic) bond motifs is 3. The van der Waals surface area contributed by atoms with Crippen LogP contribution in [0.4, 0.5) is 13.2 Å². The average Bonchev–Trinajstić information content (AvgIpc) is 3.07. The molecule has 0 bridgehead atoms. The van der Waals surface area contributed by atoms with Crippen molar-refractivity contribution in [3.63, 3.8) is 0 Å². The second kappa shape index (κ2) is 8.00. The first-order chi connectivity index (χ1) is 15.8. The van der Waals surface area contributed by atoms with Gasteiger partial charge in [0.05, 0.1) is 13.1 Å². The molecule has 1 aliphatic carbocycles. The fraction of sp³-hybridized carbons (Fsp3) is 0.333. The molecular weight excluding hydrogens is 435 g/mol. The van der Waals surface area contributed by atoms with Gasteiger partial charge in [0, 0.05) is 46.7 Å². The van der Waals surface area contributed by atoms with Crippen LogP contribution in [0.2, 0.25) is 0 Å². The minimum Gasteiger partial charge on any atom is -0.339 e. The smallest absolute Gasteiger partial charge is 0.274 e. The molecule has 2 N–H and O–H groups in total. The molecule has 5 rings (SSSR count). The Kier molecular flexibility index (Phi) is 5.25. The molecule has 0 radical (unpaired) electrons. The fourth-order valence-electron chi connectivity index (χ4n) is 4.97. The van der Waals surface area contributed by atoms with E-state index in [2.05, 4.69) is 0 Å². The molecule has 1 saturated heterocycles. The topological polar surface area (TPSA) is 74.6 Å². The molecule has 33 heavy (non-hydrogen) atoms. The van der Waals surface area contributed by atoms with Crippen LogP contribution in [0.15, 0.2) is 42.5 Å². The number of nitrogens with one attached hydrogen (secondary N) is 1. The number of carbonyl (C=O) groups is 2. The summed E-state index contributed by atoms with van der Waals surface area (Å²) in [6.07, 6.45) is 1.12. The predicted octanol–water partition coefficient (Wildman–Crippen LogP) is 3.64. The molecule has 1 amide bonds. The van der Waals surface area contributed by atoms with E-state index < -0.39 is 23.6 Å². The first-order valence-electron chi connectivity index (χ1n) is 10.7. The van der Waals surface area contributed by atoms with E-state index in [1.165, 1.54) is 12.1 Å². The molecule has 2 aromatic carbocycles. The maximum Gasteiger partial charge on any atom is 0.274 e. The molecule has 1 fully saturated rings. The number of hydrogen-bond acceptors (Lipinski definition) is 4. The van der Waals surface area contributed by atoms with Crippen molar-refractivity contribution >= 4 is 22.6 Å². The van der Waals surface area contributed by atoms with E-state index in [1.807, 2.05) is 4.57 Å². The van der Waals surface area contributed by atoms with Gasteiger partial charge in [-0.1, -0.05) is 12.1 Å². The molecule has 0 spiro atoms. The van der Waals surface area contributed by atoms with Crippen molar-refractivity contribution < 1.29 is 28.0 Å². The molecule has 1 aromatic heterocycles. The maximum absolute atomic E-state index is 14.1. The van der Waals surface area contributed by atoms with Crippen LogP contribution >= 0.6 is 0 Å². The van der Waals surface area contributed by atoms with Gasteiger partial charge in [-0.2, -0.15) is 0 Å². The second-order valence-corrected chi connectivity index (χ2v) is 8.83. The van der Waals surface area contributed by atoms with Gasteiger partial charge in [-0.15, -0.1) is 0 Å². The number of ketones is 1. The van der Waals surface area contributed by atoms with Gasteiger partial charge in [0.15, 0.2) is 5.78 Å². The lowest BCUT2D eigenvalue weighted by atomic mass is 9.84. The number of hydroxylamine groups is 1. The summed E-state index contributed by atoms with van der Waals surface area (Å²) in [7, 11) is 0. The van der Waals surface area contributed by atoms with E-state index in [-0.39, 0.29) is 25.4 Å². The van der Waals surface area contributed by atoms with Crippen LogP contribution in [-0.4, -0.2) is 51.9 Å². The van der Waals surface area contributed by atoms with Crippen molar-refractivity contribution in [3.8, 4) is 0 Å². The second-order valence-electron chi connectivity index (χ2n) is 8.83. The third-order valence-corrected chi connectivity index (χ3v) is 6.53. The van der Waals surface area contributed by atoms with E-state index in [0.717, 1.165) is 16.8 Å². The SMILES string of the molecule is O=C(NO)c1ccc(Cn2c3c(c4cc(F)ccc42)C(=O)C(CN2CC(F)(F)C2)CC3)cc1. The summed E-state index contributed by atoms with van der Waals surface area (Å²) in [5.74, 6) is -4.27. The van der Waals surface area contributed by atoms with Gasteiger partial charge >= 0.3 is 0 Å². The Hall–Kier alpha value is -3.17. The molecule has 1 unspecified atom stereocenters. The van der Waals surface area contributed by atoms with E-state index in [9.17, 15) is 22.8 Å². The zero-order chi connectivity index (χ0) is 23.3. The summed E-state index contributed by atoms with van der Waals surface area (Å²) in [6.45, 7) is 0.0354. The first-order valence-corrected chi connectivity index (χ1v) is 10.7. The molecule has 1 aliphatic heterocycles. The van der Waals surface area contributed by atoms with Gasteiger partial charge in [0.1, 0.15) is 5.82 Å². The number of benzene rings is 2. The number of likely N-dealkylation sites (tertiary alicyclic amines) is 1. The molecule has 2 heterocycles. The van der Waals surface area contributed by atoms with Crippen molar-refractivity contribution in [1.82, 2.24) is 14.9 Å². The zero-order valence-electron chi connectivity index (χ0n) is 17.7. The van der Waals surface area contributed by atoms with Crippen LogP contribution in [0.3, 0.4) is 0 Å². The molecule has 172 valence electrons. The van der Waals surface area contributed by atoms with Crippen LogP contribution in [0.1, 0.15) is 38.4 Å². The summed E-state index contributed by atoms with van der Waals surface area (Å²) in [4.78, 5) is 26.5. The highest BCUT2D eigenvalue weighted by atomic mass is 19.3. The summed E-state index contributed by atoms with van der Waals surface area (Å²) in [6, 6.07) is 11.0. The predicted molar refractivity (Wildman–Crippen MR) is 114 cm³/mol. The molecule has 2 aliphatic rings. The van der Waals surface area contributed by atoms with E-state index >= 15 is 0 Å². The molecule has 0 saturated carbocycles. The number of carbonyl (C=O) groups excluding carboxylic acids is 2. The average molecular weight is 457 g/mol. The van der Waals surface area contributed by atoms with Crippen molar-refractivity contribution in [2.45, 2.75) is 25.3 Å². The van der Waals surface area contributed by atoms with Gasteiger partial charge in [-0.05, 0) is 48.7 Å². The molecule has 1 atom stereocenters. The van der Waals surface area contributed by atoms with Gasteiger partial charge in [0.2, 0.25) is 0 Å². The molecule has 9 heteroatoms. The van der Waals surface area contributed by atoms with E-state index in [1.54, 1.807) is 40.7 Å². The van der Waals surface area contributed by atoms with Crippen LogP contribution in [0.5, 0.6) is 0 Å². The normalized spacial score (nSPS) is 19.9. The number of nitrogens with zero attached hydrogens (tertiary/aromatic N) is 2. The number of hydrogen-bond donors (Lipinski definition) is 2. The number of Topliss-reactive ketones (excluding diaryl/α,β-unsaturated/α-hetero) is 1. The maximum atomic E-state index is 14.1. The highest BCUT2D eigenvalue weighted by Gasteiger charge is 2.45. The Morgan fingerprint density at radius 1 is 1.15 bits per heavy atom. The van der Waals surface area contributed by atoms with Crippen LogP contribution in [0, 0.1) is 11.7 Å². The van der Waals surface area contributed by atoms with Crippen molar-refractivity contribution in [2.24, 2.45) is 5.92 Å². The Labute approximate surface area is 187 Å². The Bertz CT molecular complexity index is 1250.